The van der Waals surface area contributed by atoms with Crippen LogP contribution in [0.1, 0.15) is 69.9 Å². The highest BCUT2D eigenvalue weighted by molar-refractivity contribution is 5.81. The van der Waals surface area contributed by atoms with Crippen molar-refractivity contribution in [3.8, 4) is 11.8 Å². The van der Waals surface area contributed by atoms with Gasteiger partial charge in [-0.2, -0.15) is 13.2 Å². The van der Waals surface area contributed by atoms with E-state index in [4.69, 9.17) is 0 Å². The Bertz CT molecular complexity index is 666. The number of aryl methyl sites for hydroxylation is 1. The predicted octanol–water partition coefficient (Wildman–Crippen LogP) is 4.76. The van der Waals surface area contributed by atoms with Crippen molar-refractivity contribution in [3.63, 3.8) is 0 Å². The summed E-state index contributed by atoms with van der Waals surface area (Å²) in [7, 11) is 0. The molecule has 0 atom stereocenters. The Balaban J connectivity index is 2.67. The minimum absolute atomic E-state index is 0.0396. The molecule has 0 bridgehead atoms. The van der Waals surface area contributed by atoms with E-state index in [1.165, 1.54) is 0 Å². The third-order valence-electron chi connectivity index (χ3n) is 4.44. The molecule has 0 aliphatic carbocycles. The average Bonchev–Trinajstić information content (AvgIpc) is 2.66. The average molecular weight is 397 g/mol. The van der Waals surface area contributed by atoms with Crippen LogP contribution in [0.25, 0.3) is 0 Å². The van der Waals surface area contributed by atoms with Crippen LogP contribution >= 0.6 is 0 Å². The maximum absolute atomic E-state index is 12.1. The van der Waals surface area contributed by atoms with E-state index < -0.39 is 17.7 Å². The number of nitrogens with one attached hydrogen (secondary N) is 1. The van der Waals surface area contributed by atoms with Gasteiger partial charge >= 0.3 is 12.1 Å². The van der Waals surface area contributed by atoms with Crippen molar-refractivity contribution in [2.45, 2.75) is 77.0 Å². The summed E-state index contributed by atoms with van der Waals surface area (Å²) in [4.78, 5) is 10.8. The summed E-state index contributed by atoms with van der Waals surface area (Å²) in [5, 5.41) is 12.7. The van der Waals surface area contributed by atoms with Gasteiger partial charge in [0.05, 0.1) is 0 Å². The van der Waals surface area contributed by atoms with Crippen molar-refractivity contribution < 1.29 is 23.1 Å². The molecule has 0 heterocycles. The standard InChI is InChI=1S/C22H30F3NO2/c1-3-5-13-21(28,14-6-4-2)15-12-19-10-7-9-18(17-19)11-8-16-26-20(27)22(23,24)25/h7,9-10,17,28H,3-6,8,11,13-14,16H2,1-2H3,(H,26,27). The maximum Gasteiger partial charge on any atom is 0.471 e. The molecule has 0 radical (unpaired) electrons. The predicted molar refractivity (Wildman–Crippen MR) is 105 cm³/mol. The zero-order valence-corrected chi connectivity index (χ0v) is 16.7. The summed E-state index contributed by atoms with van der Waals surface area (Å²) < 4.78 is 36.4. The van der Waals surface area contributed by atoms with E-state index in [2.05, 4.69) is 25.7 Å². The highest BCUT2D eigenvalue weighted by Gasteiger charge is 2.38. The molecule has 28 heavy (non-hydrogen) atoms. The summed E-state index contributed by atoms with van der Waals surface area (Å²) in [6, 6.07) is 7.43. The number of unbranched alkanes of at least 4 members (excludes halogenated alkanes) is 2. The van der Waals surface area contributed by atoms with Gasteiger partial charge < -0.3 is 10.4 Å². The van der Waals surface area contributed by atoms with E-state index in [9.17, 15) is 23.1 Å². The topological polar surface area (TPSA) is 49.3 Å². The molecule has 1 rings (SSSR count). The Morgan fingerprint density at radius 3 is 2.32 bits per heavy atom. The van der Waals surface area contributed by atoms with Crippen molar-refractivity contribution in [2.75, 3.05) is 6.54 Å². The van der Waals surface area contributed by atoms with E-state index in [0.29, 0.717) is 25.7 Å². The van der Waals surface area contributed by atoms with Gasteiger partial charge in [0.25, 0.3) is 0 Å². The van der Waals surface area contributed by atoms with E-state index >= 15 is 0 Å². The van der Waals surface area contributed by atoms with Gasteiger partial charge in [-0.15, -0.1) is 0 Å². The van der Waals surface area contributed by atoms with Gasteiger partial charge in [-0.25, -0.2) is 0 Å². The van der Waals surface area contributed by atoms with Crippen molar-refractivity contribution in [2.24, 2.45) is 0 Å². The second-order valence-corrected chi connectivity index (χ2v) is 7.05. The monoisotopic (exact) mass is 397 g/mol. The minimum atomic E-state index is -4.85. The van der Waals surface area contributed by atoms with Crippen LogP contribution < -0.4 is 5.32 Å². The lowest BCUT2D eigenvalue weighted by molar-refractivity contribution is -0.173. The molecule has 0 spiro atoms. The van der Waals surface area contributed by atoms with Gasteiger partial charge in [-0.3, -0.25) is 4.79 Å². The largest absolute Gasteiger partial charge is 0.471 e. The van der Waals surface area contributed by atoms with Crippen LogP contribution in [0, 0.1) is 11.8 Å². The number of carbonyl (C=O) groups excluding carboxylic acids is 1. The second-order valence-electron chi connectivity index (χ2n) is 7.05. The number of rotatable bonds is 10. The van der Waals surface area contributed by atoms with Crippen LogP contribution in [-0.2, 0) is 11.2 Å². The first-order chi connectivity index (χ1) is 13.2. The fourth-order valence-corrected chi connectivity index (χ4v) is 2.78. The van der Waals surface area contributed by atoms with Crippen LogP contribution in [0.15, 0.2) is 24.3 Å². The van der Waals surface area contributed by atoms with Crippen molar-refractivity contribution in [1.29, 1.82) is 0 Å². The van der Waals surface area contributed by atoms with Crippen LogP contribution in [0.2, 0.25) is 0 Å². The molecule has 0 saturated heterocycles. The molecule has 0 aliphatic heterocycles. The zero-order valence-electron chi connectivity index (χ0n) is 16.7. The molecule has 1 aromatic rings. The van der Waals surface area contributed by atoms with Crippen molar-refractivity contribution in [3.05, 3.63) is 35.4 Å². The number of amides is 1. The van der Waals surface area contributed by atoms with Crippen molar-refractivity contribution >= 4 is 5.91 Å². The number of hydrogen-bond acceptors (Lipinski definition) is 2. The van der Waals surface area contributed by atoms with Gasteiger partial charge in [-0.05, 0) is 56.2 Å². The highest BCUT2D eigenvalue weighted by atomic mass is 19.4. The molecule has 0 fully saturated rings. The van der Waals surface area contributed by atoms with Crippen LogP contribution in [0.3, 0.4) is 0 Å². The number of benzene rings is 1. The molecule has 1 amide bonds. The van der Waals surface area contributed by atoms with Gasteiger partial charge in [-0.1, -0.05) is 50.7 Å². The first-order valence-electron chi connectivity index (χ1n) is 9.89. The summed E-state index contributed by atoms with van der Waals surface area (Å²) in [5.74, 6) is 4.17. The molecule has 0 saturated carbocycles. The second kappa shape index (κ2) is 11.8. The normalized spacial score (nSPS) is 11.6. The number of halogens is 3. The Morgan fingerprint density at radius 2 is 1.75 bits per heavy atom. The Labute approximate surface area is 165 Å². The Hall–Kier alpha value is -2.00. The first kappa shape index (κ1) is 24.0. The van der Waals surface area contributed by atoms with Crippen LogP contribution in [0.4, 0.5) is 13.2 Å². The quantitative estimate of drug-likeness (QED) is 0.442. The van der Waals surface area contributed by atoms with E-state index in [0.717, 1.165) is 36.8 Å². The van der Waals surface area contributed by atoms with Gasteiger partial charge in [0, 0.05) is 12.1 Å². The van der Waals surface area contributed by atoms with E-state index in [1.807, 2.05) is 29.6 Å². The Morgan fingerprint density at radius 1 is 1.11 bits per heavy atom. The Kier molecular flexibility index (Phi) is 10.1. The highest BCUT2D eigenvalue weighted by Crippen LogP contribution is 2.21. The molecule has 156 valence electrons. The molecule has 1 aromatic carbocycles. The van der Waals surface area contributed by atoms with Crippen LogP contribution in [0.5, 0.6) is 0 Å². The molecule has 0 aromatic heterocycles. The molecular formula is C22H30F3NO2. The molecule has 0 aliphatic rings. The molecular weight excluding hydrogens is 367 g/mol. The smallest absolute Gasteiger partial charge is 0.378 e. The third kappa shape index (κ3) is 9.27. The number of alkyl halides is 3. The fourth-order valence-electron chi connectivity index (χ4n) is 2.78. The minimum Gasteiger partial charge on any atom is -0.378 e. The summed E-state index contributed by atoms with van der Waals surface area (Å²) >= 11 is 0. The maximum atomic E-state index is 12.1. The lowest BCUT2D eigenvalue weighted by Crippen LogP contribution is -2.37. The zero-order chi connectivity index (χ0) is 21.0. The fraction of sp³-hybridized carbons (Fsp3) is 0.591. The SMILES string of the molecule is CCCCC(O)(C#Cc1cccc(CCCNC(=O)C(F)(F)F)c1)CCCC. The molecule has 6 heteroatoms. The third-order valence-corrected chi connectivity index (χ3v) is 4.44. The lowest BCUT2D eigenvalue weighted by atomic mass is 9.91. The van der Waals surface area contributed by atoms with Crippen molar-refractivity contribution in [1.82, 2.24) is 5.32 Å². The van der Waals surface area contributed by atoms with Gasteiger partial charge in [0.15, 0.2) is 0 Å². The first-order valence-corrected chi connectivity index (χ1v) is 9.89. The number of aliphatic hydroxyl groups is 1. The number of hydrogen-bond donors (Lipinski definition) is 2. The molecule has 0 unspecified atom stereocenters. The number of carbonyl (C=O) groups is 1. The van der Waals surface area contributed by atoms with E-state index in [-0.39, 0.29) is 6.54 Å². The molecule has 3 nitrogen and oxygen atoms in total. The molecule has 2 N–H and O–H groups in total. The summed E-state index contributed by atoms with van der Waals surface area (Å²) in [6.07, 6.45) is 1.20. The van der Waals surface area contributed by atoms with E-state index in [1.54, 1.807) is 0 Å². The van der Waals surface area contributed by atoms with Crippen LogP contribution in [-0.4, -0.2) is 29.3 Å². The van der Waals surface area contributed by atoms with Gasteiger partial charge in [0.2, 0.25) is 0 Å². The lowest BCUT2D eigenvalue weighted by Gasteiger charge is -2.21. The summed E-state index contributed by atoms with van der Waals surface area (Å²) in [5.41, 5.74) is 0.714. The summed E-state index contributed by atoms with van der Waals surface area (Å²) in [6.45, 7) is 4.12. The van der Waals surface area contributed by atoms with Gasteiger partial charge in [0.1, 0.15) is 5.60 Å².